The van der Waals surface area contributed by atoms with E-state index in [9.17, 15) is 0 Å². The monoisotopic (exact) mass is 259 g/mol. The summed E-state index contributed by atoms with van der Waals surface area (Å²) < 4.78 is 0. The zero-order valence-corrected chi connectivity index (χ0v) is 12.2. The highest BCUT2D eigenvalue weighted by Crippen LogP contribution is 2.32. The summed E-state index contributed by atoms with van der Waals surface area (Å²) in [7, 11) is 2.14. The minimum atomic E-state index is 0.161. The van der Waals surface area contributed by atoms with Crippen molar-refractivity contribution >= 4 is 11.5 Å². The Kier molecular flexibility index (Phi) is 4.13. The number of rotatable bonds is 3. The molecule has 1 aromatic carbocycles. The molecule has 3 heteroatoms. The predicted molar refractivity (Wildman–Crippen MR) is 82.0 cm³/mol. The molecule has 0 heterocycles. The Morgan fingerprint density at radius 1 is 1.32 bits per heavy atom. The molecule has 0 saturated heterocycles. The zero-order valence-electron chi connectivity index (χ0n) is 12.2. The van der Waals surface area contributed by atoms with Crippen LogP contribution in [0.2, 0.25) is 0 Å². The molecule has 1 aliphatic carbocycles. The van der Waals surface area contributed by atoms with Crippen LogP contribution < -0.4 is 10.6 Å². The molecule has 1 saturated carbocycles. The van der Waals surface area contributed by atoms with Crippen molar-refractivity contribution in [1.82, 2.24) is 0 Å². The molecule has 1 fully saturated rings. The lowest BCUT2D eigenvalue weighted by atomic mass is 9.84. The molecule has 0 spiro atoms. The van der Waals surface area contributed by atoms with Crippen LogP contribution in [0.1, 0.15) is 43.7 Å². The average Bonchev–Trinajstić information content (AvgIpc) is 2.38. The molecule has 2 unspecified atom stereocenters. The Morgan fingerprint density at radius 2 is 2.00 bits per heavy atom. The summed E-state index contributed by atoms with van der Waals surface area (Å²) in [5, 5.41) is 7.78. The molecular formula is C16H25N3. The third kappa shape index (κ3) is 2.91. The maximum atomic E-state index is 7.78. The van der Waals surface area contributed by atoms with E-state index in [1.54, 1.807) is 0 Å². The zero-order chi connectivity index (χ0) is 14.0. The van der Waals surface area contributed by atoms with Gasteiger partial charge in [0.25, 0.3) is 0 Å². The molecule has 1 aromatic rings. The van der Waals surface area contributed by atoms with Crippen molar-refractivity contribution < 1.29 is 0 Å². The Labute approximate surface area is 116 Å². The summed E-state index contributed by atoms with van der Waals surface area (Å²) in [5.41, 5.74) is 8.85. The van der Waals surface area contributed by atoms with Crippen molar-refractivity contribution in [1.29, 1.82) is 5.41 Å². The van der Waals surface area contributed by atoms with Crippen LogP contribution in [-0.2, 0) is 0 Å². The van der Waals surface area contributed by atoms with Gasteiger partial charge in [-0.3, -0.25) is 5.41 Å². The van der Waals surface area contributed by atoms with E-state index in [0.717, 1.165) is 16.8 Å². The summed E-state index contributed by atoms with van der Waals surface area (Å²) in [4.78, 5) is 2.33. The standard InChI is InChI=1S/C16H25N3/c1-11-8-9-15(13(10-11)16(17)18)19(3)14-7-5-4-6-12(14)2/h8-10,12,14H,4-7H2,1-3H3,(H3,17,18). The van der Waals surface area contributed by atoms with Crippen LogP contribution >= 0.6 is 0 Å². The molecule has 3 nitrogen and oxygen atoms in total. The van der Waals surface area contributed by atoms with Gasteiger partial charge in [-0.1, -0.05) is 31.4 Å². The van der Waals surface area contributed by atoms with Crippen LogP contribution in [0, 0.1) is 18.3 Å². The van der Waals surface area contributed by atoms with Crippen molar-refractivity contribution in [3.05, 3.63) is 29.3 Å². The van der Waals surface area contributed by atoms with Crippen LogP contribution in [0.4, 0.5) is 5.69 Å². The molecular weight excluding hydrogens is 234 g/mol. The fraction of sp³-hybridized carbons (Fsp3) is 0.562. The van der Waals surface area contributed by atoms with E-state index in [1.165, 1.54) is 25.7 Å². The van der Waals surface area contributed by atoms with Crippen LogP contribution in [-0.4, -0.2) is 18.9 Å². The summed E-state index contributed by atoms with van der Waals surface area (Å²) in [6.45, 7) is 4.38. The van der Waals surface area contributed by atoms with E-state index < -0.39 is 0 Å². The first-order chi connectivity index (χ1) is 9.00. The molecule has 0 aromatic heterocycles. The second-order valence-electron chi connectivity index (χ2n) is 5.87. The number of anilines is 1. The number of nitrogens with one attached hydrogen (secondary N) is 1. The van der Waals surface area contributed by atoms with E-state index >= 15 is 0 Å². The molecule has 0 aliphatic heterocycles. The van der Waals surface area contributed by atoms with Crippen LogP contribution in [0.25, 0.3) is 0 Å². The lowest BCUT2D eigenvalue weighted by molar-refractivity contribution is 0.321. The molecule has 3 N–H and O–H groups in total. The molecule has 0 amide bonds. The van der Waals surface area contributed by atoms with E-state index in [-0.39, 0.29) is 5.84 Å². The van der Waals surface area contributed by atoms with Gasteiger partial charge in [0.05, 0.1) is 0 Å². The van der Waals surface area contributed by atoms with Crippen molar-refractivity contribution in [3.8, 4) is 0 Å². The number of hydrogen-bond donors (Lipinski definition) is 2. The minimum absolute atomic E-state index is 0.161. The van der Waals surface area contributed by atoms with Crippen LogP contribution in [0.5, 0.6) is 0 Å². The Bertz CT molecular complexity index is 467. The molecule has 0 radical (unpaired) electrons. The highest BCUT2D eigenvalue weighted by Gasteiger charge is 2.26. The molecule has 2 rings (SSSR count). The van der Waals surface area contributed by atoms with E-state index in [1.807, 2.05) is 13.0 Å². The third-order valence-electron chi connectivity index (χ3n) is 4.39. The van der Waals surface area contributed by atoms with Gasteiger partial charge in [0.15, 0.2) is 0 Å². The largest absolute Gasteiger partial charge is 0.384 e. The number of nitrogens with zero attached hydrogens (tertiary/aromatic N) is 1. The number of nitrogens with two attached hydrogens (primary N) is 1. The summed E-state index contributed by atoms with van der Waals surface area (Å²) >= 11 is 0. The summed E-state index contributed by atoms with van der Waals surface area (Å²) in [5.74, 6) is 0.869. The highest BCUT2D eigenvalue weighted by molar-refractivity contribution is 6.00. The van der Waals surface area contributed by atoms with Crippen LogP contribution in [0.3, 0.4) is 0 Å². The quantitative estimate of drug-likeness (QED) is 0.646. The summed E-state index contributed by atoms with van der Waals surface area (Å²) in [6, 6.07) is 6.79. The topological polar surface area (TPSA) is 53.1 Å². The number of benzene rings is 1. The summed E-state index contributed by atoms with van der Waals surface area (Å²) in [6.07, 6.45) is 5.19. The van der Waals surface area contributed by atoms with Gasteiger partial charge < -0.3 is 10.6 Å². The van der Waals surface area contributed by atoms with Crippen molar-refractivity contribution in [3.63, 3.8) is 0 Å². The molecule has 1 aliphatic rings. The Hall–Kier alpha value is -1.51. The molecule has 19 heavy (non-hydrogen) atoms. The lowest BCUT2D eigenvalue weighted by Gasteiger charge is -2.38. The number of aryl methyl sites for hydroxylation is 1. The third-order valence-corrected chi connectivity index (χ3v) is 4.39. The maximum absolute atomic E-state index is 7.78. The first kappa shape index (κ1) is 13.9. The number of amidine groups is 1. The lowest BCUT2D eigenvalue weighted by Crippen LogP contribution is -2.40. The number of nitrogen functional groups attached to an aromatic ring is 1. The number of hydrogen-bond acceptors (Lipinski definition) is 2. The van der Waals surface area contributed by atoms with Crippen molar-refractivity contribution in [2.24, 2.45) is 11.7 Å². The van der Waals surface area contributed by atoms with Gasteiger partial charge in [-0.2, -0.15) is 0 Å². The fourth-order valence-electron chi connectivity index (χ4n) is 3.22. The highest BCUT2D eigenvalue weighted by atomic mass is 15.1. The van der Waals surface area contributed by atoms with Gasteiger partial charge >= 0.3 is 0 Å². The SMILES string of the molecule is Cc1ccc(N(C)C2CCCCC2C)c(C(=N)N)c1. The molecule has 104 valence electrons. The average molecular weight is 259 g/mol. The van der Waals surface area contributed by atoms with E-state index in [4.69, 9.17) is 11.1 Å². The fourth-order valence-corrected chi connectivity index (χ4v) is 3.22. The predicted octanol–water partition coefficient (Wildman–Crippen LogP) is 3.29. The van der Waals surface area contributed by atoms with E-state index in [0.29, 0.717) is 12.0 Å². The van der Waals surface area contributed by atoms with Gasteiger partial charge in [0.1, 0.15) is 5.84 Å². The van der Waals surface area contributed by atoms with Gasteiger partial charge in [0, 0.05) is 24.3 Å². The molecule has 2 atom stereocenters. The first-order valence-electron chi connectivity index (χ1n) is 7.18. The van der Waals surface area contributed by atoms with Gasteiger partial charge in [0.2, 0.25) is 0 Å². The second-order valence-corrected chi connectivity index (χ2v) is 5.87. The maximum Gasteiger partial charge on any atom is 0.124 e. The smallest absolute Gasteiger partial charge is 0.124 e. The van der Waals surface area contributed by atoms with Crippen LogP contribution in [0.15, 0.2) is 18.2 Å². The van der Waals surface area contributed by atoms with Gasteiger partial charge in [-0.05, 0) is 37.8 Å². The Balaban J connectivity index is 2.32. The minimum Gasteiger partial charge on any atom is -0.384 e. The van der Waals surface area contributed by atoms with E-state index in [2.05, 4.69) is 31.0 Å². The second kappa shape index (κ2) is 5.64. The van der Waals surface area contributed by atoms with Crippen molar-refractivity contribution in [2.45, 2.75) is 45.6 Å². The van der Waals surface area contributed by atoms with Crippen molar-refractivity contribution in [2.75, 3.05) is 11.9 Å². The Morgan fingerprint density at radius 3 is 2.63 bits per heavy atom. The first-order valence-corrected chi connectivity index (χ1v) is 7.18. The van der Waals surface area contributed by atoms with Gasteiger partial charge in [-0.25, -0.2) is 0 Å². The molecule has 0 bridgehead atoms. The normalized spacial score (nSPS) is 23.1. The van der Waals surface area contributed by atoms with Gasteiger partial charge in [-0.15, -0.1) is 0 Å².